The number of halogens is 2. The first-order valence-corrected chi connectivity index (χ1v) is 6.42. The Kier molecular flexibility index (Phi) is 4.35. The van der Waals surface area contributed by atoms with E-state index in [1.165, 1.54) is 6.07 Å². The van der Waals surface area contributed by atoms with Crippen LogP contribution in [-0.2, 0) is 0 Å². The summed E-state index contributed by atoms with van der Waals surface area (Å²) in [6.07, 6.45) is 2.41. The Hall–Kier alpha value is -1.64. The highest BCUT2D eigenvalue weighted by Gasteiger charge is 2.13. The lowest BCUT2D eigenvalue weighted by Gasteiger charge is -2.15. The molecule has 2 N–H and O–H groups in total. The first-order valence-electron chi connectivity index (χ1n) is 6.04. The van der Waals surface area contributed by atoms with Crippen molar-refractivity contribution in [3.63, 3.8) is 0 Å². The molecule has 2 rings (SSSR count). The van der Waals surface area contributed by atoms with Gasteiger partial charge in [0.1, 0.15) is 5.82 Å². The van der Waals surface area contributed by atoms with E-state index in [2.05, 4.69) is 6.58 Å². The van der Waals surface area contributed by atoms with Gasteiger partial charge in [-0.3, -0.25) is 0 Å². The number of hydrogen-bond acceptors (Lipinski definition) is 1. The maximum Gasteiger partial charge on any atom is 0.132 e. The minimum absolute atomic E-state index is 0.191. The van der Waals surface area contributed by atoms with Crippen LogP contribution in [0.25, 0.3) is 11.1 Å². The van der Waals surface area contributed by atoms with Crippen LogP contribution in [0, 0.1) is 5.82 Å². The minimum Gasteiger partial charge on any atom is -0.324 e. The predicted octanol–water partition coefficient (Wildman–Crippen LogP) is 4.72. The smallest absolute Gasteiger partial charge is 0.132 e. The van der Waals surface area contributed by atoms with E-state index in [0.717, 1.165) is 11.1 Å². The molecule has 2 aromatic rings. The molecule has 0 fully saturated rings. The molecule has 0 spiro atoms. The molecule has 0 aliphatic heterocycles. The Morgan fingerprint density at radius 3 is 2.63 bits per heavy atom. The third-order valence-corrected chi connectivity index (χ3v) is 3.24. The highest BCUT2D eigenvalue weighted by Crippen LogP contribution is 2.31. The summed E-state index contributed by atoms with van der Waals surface area (Å²) >= 11 is 5.78. The van der Waals surface area contributed by atoms with E-state index in [9.17, 15) is 4.39 Å². The van der Waals surface area contributed by atoms with Crippen molar-refractivity contribution in [2.45, 2.75) is 12.5 Å². The largest absolute Gasteiger partial charge is 0.324 e. The standard InChI is InChI=1S/C16H15ClFN/c1-2-5-16(19)14-7-4-3-6-12(14)13-9-8-11(17)10-15(13)18/h2-4,6-10,16H,1,5,19H2. The van der Waals surface area contributed by atoms with E-state index in [1.807, 2.05) is 24.3 Å². The molecule has 98 valence electrons. The molecule has 2 aromatic carbocycles. The second-order valence-corrected chi connectivity index (χ2v) is 4.78. The summed E-state index contributed by atoms with van der Waals surface area (Å²) < 4.78 is 14.0. The van der Waals surface area contributed by atoms with Crippen molar-refractivity contribution < 1.29 is 4.39 Å². The summed E-state index contributed by atoms with van der Waals surface area (Å²) in [6, 6.07) is 12.0. The SMILES string of the molecule is C=CCC(N)c1ccccc1-c1ccc(Cl)cc1F. The zero-order valence-electron chi connectivity index (χ0n) is 10.4. The lowest BCUT2D eigenvalue weighted by atomic mass is 9.93. The van der Waals surface area contributed by atoms with Crippen molar-refractivity contribution in [1.29, 1.82) is 0 Å². The molecule has 0 aromatic heterocycles. The molecule has 3 heteroatoms. The fourth-order valence-corrected chi connectivity index (χ4v) is 2.24. The van der Waals surface area contributed by atoms with Gasteiger partial charge in [0.15, 0.2) is 0 Å². The second-order valence-electron chi connectivity index (χ2n) is 4.34. The van der Waals surface area contributed by atoms with Crippen molar-refractivity contribution in [2.75, 3.05) is 0 Å². The maximum atomic E-state index is 14.0. The zero-order valence-corrected chi connectivity index (χ0v) is 11.2. The van der Waals surface area contributed by atoms with Crippen molar-refractivity contribution in [3.05, 3.63) is 71.5 Å². The molecule has 0 saturated carbocycles. The van der Waals surface area contributed by atoms with Crippen molar-refractivity contribution in [3.8, 4) is 11.1 Å². The first kappa shape index (κ1) is 13.8. The average molecular weight is 276 g/mol. The number of benzene rings is 2. The monoisotopic (exact) mass is 275 g/mol. The van der Waals surface area contributed by atoms with Gasteiger partial charge in [-0.25, -0.2) is 4.39 Å². The molecule has 0 bridgehead atoms. The predicted molar refractivity (Wildman–Crippen MR) is 78.6 cm³/mol. The third kappa shape index (κ3) is 3.03. The minimum atomic E-state index is -0.342. The topological polar surface area (TPSA) is 26.0 Å². The van der Waals surface area contributed by atoms with Gasteiger partial charge < -0.3 is 5.73 Å². The van der Waals surface area contributed by atoms with Gasteiger partial charge in [-0.15, -0.1) is 6.58 Å². The summed E-state index contributed by atoms with van der Waals surface area (Å²) in [4.78, 5) is 0. The van der Waals surface area contributed by atoms with Gasteiger partial charge >= 0.3 is 0 Å². The Bertz CT molecular complexity index is 595. The molecular formula is C16H15ClFN. The molecule has 0 saturated heterocycles. The Morgan fingerprint density at radius 2 is 1.95 bits per heavy atom. The van der Waals surface area contributed by atoms with Crippen molar-refractivity contribution >= 4 is 11.6 Å². The van der Waals surface area contributed by atoms with Gasteiger partial charge in [-0.1, -0.05) is 41.9 Å². The van der Waals surface area contributed by atoms with Crippen LogP contribution < -0.4 is 5.73 Å². The number of nitrogens with two attached hydrogens (primary N) is 1. The van der Waals surface area contributed by atoms with Crippen LogP contribution in [0.5, 0.6) is 0 Å². The molecule has 1 nitrogen and oxygen atoms in total. The van der Waals surface area contributed by atoms with Gasteiger partial charge in [0.2, 0.25) is 0 Å². The van der Waals surface area contributed by atoms with Gasteiger partial charge in [-0.05, 0) is 35.7 Å². The van der Waals surface area contributed by atoms with Crippen LogP contribution >= 0.6 is 11.6 Å². The van der Waals surface area contributed by atoms with Crippen LogP contribution in [0.2, 0.25) is 5.02 Å². The van der Waals surface area contributed by atoms with Crippen LogP contribution in [0.3, 0.4) is 0 Å². The number of hydrogen-bond donors (Lipinski definition) is 1. The summed E-state index contributed by atoms with van der Waals surface area (Å²) in [5.74, 6) is -0.342. The Labute approximate surface area is 117 Å². The lowest BCUT2D eigenvalue weighted by molar-refractivity contribution is 0.630. The van der Waals surface area contributed by atoms with Crippen LogP contribution in [0.1, 0.15) is 18.0 Å². The third-order valence-electron chi connectivity index (χ3n) is 3.00. The van der Waals surface area contributed by atoms with Crippen molar-refractivity contribution in [2.24, 2.45) is 5.73 Å². The van der Waals surface area contributed by atoms with Crippen molar-refractivity contribution in [1.82, 2.24) is 0 Å². The van der Waals surface area contributed by atoms with Gasteiger partial charge in [-0.2, -0.15) is 0 Å². The summed E-state index contributed by atoms with van der Waals surface area (Å²) in [5, 5.41) is 0.383. The van der Waals surface area contributed by atoms with Crippen LogP contribution in [-0.4, -0.2) is 0 Å². The average Bonchev–Trinajstić information content (AvgIpc) is 2.39. The molecule has 0 aliphatic rings. The first-order chi connectivity index (χ1) is 9.13. The quantitative estimate of drug-likeness (QED) is 0.803. The highest BCUT2D eigenvalue weighted by atomic mass is 35.5. The highest BCUT2D eigenvalue weighted by molar-refractivity contribution is 6.30. The molecular weight excluding hydrogens is 261 g/mol. The Morgan fingerprint density at radius 1 is 1.21 bits per heavy atom. The van der Waals surface area contributed by atoms with Gasteiger partial charge in [0.25, 0.3) is 0 Å². The molecule has 1 atom stereocenters. The van der Waals surface area contributed by atoms with E-state index < -0.39 is 0 Å². The van der Waals surface area contributed by atoms with Crippen LogP contribution in [0.15, 0.2) is 55.1 Å². The molecule has 0 aliphatic carbocycles. The fraction of sp³-hybridized carbons (Fsp3) is 0.125. The molecule has 0 radical (unpaired) electrons. The summed E-state index contributed by atoms with van der Waals surface area (Å²) in [6.45, 7) is 3.69. The zero-order chi connectivity index (χ0) is 13.8. The van der Waals surface area contributed by atoms with E-state index in [4.69, 9.17) is 17.3 Å². The normalized spacial score (nSPS) is 12.2. The van der Waals surface area contributed by atoms with Gasteiger partial charge in [0, 0.05) is 16.6 Å². The molecule has 0 amide bonds. The summed E-state index contributed by atoms with van der Waals surface area (Å²) in [5.41, 5.74) is 8.32. The van der Waals surface area contributed by atoms with E-state index in [0.29, 0.717) is 17.0 Å². The molecule has 0 heterocycles. The van der Waals surface area contributed by atoms with Gasteiger partial charge in [0.05, 0.1) is 0 Å². The van der Waals surface area contributed by atoms with E-state index in [-0.39, 0.29) is 11.9 Å². The van der Waals surface area contributed by atoms with E-state index >= 15 is 0 Å². The second kappa shape index (κ2) is 6.00. The lowest BCUT2D eigenvalue weighted by Crippen LogP contribution is -2.10. The number of rotatable bonds is 4. The Balaban J connectivity index is 2.52. The summed E-state index contributed by atoms with van der Waals surface area (Å²) in [7, 11) is 0. The fourth-order valence-electron chi connectivity index (χ4n) is 2.08. The molecule has 1 unspecified atom stereocenters. The maximum absolute atomic E-state index is 14.0. The molecule has 19 heavy (non-hydrogen) atoms. The van der Waals surface area contributed by atoms with E-state index in [1.54, 1.807) is 18.2 Å². The van der Waals surface area contributed by atoms with Crippen LogP contribution in [0.4, 0.5) is 4.39 Å².